The van der Waals surface area contributed by atoms with Crippen LogP contribution < -0.4 is 15.2 Å². The lowest BCUT2D eigenvalue weighted by Crippen LogP contribution is -1.99. The second-order valence-electron chi connectivity index (χ2n) is 6.72. The minimum Gasteiger partial charge on any atom is -0.479 e. The minimum absolute atomic E-state index is 0.254. The van der Waals surface area contributed by atoms with Crippen LogP contribution in [-0.4, -0.2) is 17.1 Å². The van der Waals surface area contributed by atoms with Gasteiger partial charge in [-0.3, -0.25) is 0 Å². The summed E-state index contributed by atoms with van der Waals surface area (Å²) in [6.45, 7) is 1.88. The average molecular weight is 503 g/mol. The summed E-state index contributed by atoms with van der Waals surface area (Å²) in [5.74, 6) is -0.477. The van der Waals surface area contributed by atoms with Crippen LogP contribution in [0.3, 0.4) is 0 Å². The third-order valence-corrected chi connectivity index (χ3v) is 6.15. The van der Waals surface area contributed by atoms with E-state index in [2.05, 4.69) is 30.6 Å². The zero-order valence-corrected chi connectivity index (χ0v) is 18.9. The second-order valence-corrected chi connectivity index (χ2v) is 8.42. The molecule has 0 radical (unpaired) electrons. The number of aromatic nitrogens is 2. The summed E-state index contributed by atoms with van der Waals surface area (Å²) < 4.78 is 36.3. The molecule has 9 heteroatoms. The Morgan fingerprint density at radius 3 is 2.61 bits per heavy atom. The van der Waals surface area contributed by atoms with E-state index >= 15 is 0 Å². The summed E-state index contributed by atoms with van der Waals surface area (Å²) in [5, 5.41) is 0.922. The van der Waals surface area contributed by atoms with Crippen LogP contribution in [0.2, 0.25) is 0 Å². The van der Waals surface area contributed by atoms with E-state index in [0.29, 0.717) is 17.4 Å². The van der Waals surface area contributed by atoms with Gasteiger partial charge in [0.15, 0.2) is 0 Å². The molecule has 2 aromatic carbocycles. The fourth-order valence-corrected chi connectivity index (χ4v) is 4.10. The van der Waals surface area contributed by atoms with Crippen molar-refractivity contribution >= 4 is 50.3 Å². The molecule has 2 heterocycles. The van der Waals surface area contributed by atoms with Gasteiger partial charge in [0.2, 0.25) is 5.88 Å². The highest BCUT2D eigenvalue weighted by Crippen LogP contribution is 2.36. The molecular weight excluding hydrogens is 486 g/mol. The van der Waals surface area contributed by atoms with Crippen LogP contribution in [0.4, 0.5) is 20.3 Å². The van der Waals surface area contributed by atoms with Gasteiger partial charge in [0.25, 0.3) is 0 Å². The lowest BCUT2D eigenvalue weighted by molar-refractivity contribution is 0.399. The van der Waals surface area contributed by atoms with Crippen molar-refractivity contribution < 1.29 is 13.5 Å². The van der Waals surface area contributed by atoms with E-state index in [9.17, 15) is 8.78 Å². The van der Waals surface area contributed by atoms with Gasteiger partial charge in [-0.2, -0.15) is 0 Å². The number of halogens is 3. The molecule has 0 saturated heterocycles. The minimum atomic E-state index is -0.649. The van der Waals surface area contributed by atoms with Crippen LogP contribution in [0, 0.1) is 18.6 Å². The third-order valence-electron chi connectivity index (χ3n) is 4.64. The maximum Gasteiger partial charge on any atom is 0.238 e. The van der Waals surface area contributed by atoms with E-state index in [1.54, 1.807) is 0 Å². The highest BCUT2D eigenvalue weighted by molar-refractivity contribution is 9.10. The summed E-state index contributed by atoms with van der Waals surface area (Å²) in [6.07, 6.45) is 0. The van der Waals surface area contributed by atoms with Gasteiger partial charge < -0.3 is 15.2 Å². The number of benzene rings is 2. The van der Waals surface area contributed by atoms with E-state index in [-0.39, 0.29) is 4.90 Å². The van der Waals surface area contributed by atoms with Gasteiger partial charge in [-0.1, -0.05) is 6.07 Å². The number of nitrogens with zero attached hydrogens (tertiary/aromatic N) is 2. The van der Waals surface area contributed by atoms with E-state index in [1.807, 2.05) is 37.3 Å². The van der Waals surface area contributed by atoms with Crippen molar-refractivity contribution in [3.63, 3.8) is 0 Å². The number of ether oxygens (including phenoxy) is 1. The number of pyridine rings is 2. The Hall–Kier alpha value is -2.91. The molecule has 4 rings (SSSR count). The molecule has 0 spiro atoms. The predicted molar refractivity (Wildman–Crippen MR) is 124 cm³/mol. The summed E-state index contributed by atoms with van der Waals surface area (Å²) in [6, 6.07) is 13.1. The zero-order chi connectivity index (χ0) is 22.1. The summed E-state index contributed by atoms with van der Waals surface area (Å²) in [4.78, 5) is 9.16. The quantitative estimate of drug-likeness (QED) is 0.309. The van der Waals surface area contributed by atoms with Gasteiger partial charge in [0.1, 0.15) is 23.1 Å². The predicted octanol–water partition coefficient (Wildman–Crippen LogP) is 6.36. The van der Waals surface area contributed by atoms with Crippen LogP contribution in [0.15, 0.2) is 57.9 Å². The standard InChI is InChI=1S/C22H17BrF2N4OS/c1-11-15(12-3-5-18-13(7-12)8-16(23)21(26)28-18)10-19(22(27-11)30-2)29-31-20-6-4-14(24)9-17(20)25/h3-10,29H,1-2H3,(H2,26,28). The maximum atomic E-state index is 14.0. The van der Waals surface area contributed by atoms with Crippen molar-refractivity contribution in [2.75, 3.05) is 17.6 Å². The van der Waals surface area contributed by atoms with E-state index in [4.69, 9.17) is 10.5 Å². The van der Waals surface area contributed by atoms with Crippen molar-refractivity contribution in [2.45, 2.75) is 11.8 Å². The summed E-state index contributed by atoms with van der Waals surface area (Å²) in [5.41, 5.74) is 9.79. The molecule has 0 bridgehead atoms. The molecule has 0 aliphatic rings. The number of methoxy groups -OCH3 is 1. The normalized spacial score (nSPS) is 11.0. The molecule has 0 saturated carbocycles. The smallest absolute Gasteiger partial charge is 0.238 e. The van der Waals surface area contributed by atoms with Crippen molar-refractivity contribution in [3.05, 3.63) is 70.3 Å². The van der Waals surface area contributed by atoms with Crippen molar-refractivity contribution in [3.8, 4) is 17.0 Å². The first-order valence-corrected chi connectivity index (χ1v) is 10.8. The Labute approximate surface area is 190 Å². The summed E-state index contributed by atoms with van der Waals surface area (Å²) in [7, 11) is 1.51. The molecule has 0 fully saturated rings. The number of nitrogens with two attached hydrogens (primary N) is 1. The molecule has 3 N–H and O–H groups in total. The largest absolute Gasteiger partial charge is 0.479 e. The SMILES string of the molecule is COc1nc(C)c(-c2ccc3nc(N)c(Br)cc3c2)cc1NSc1ccc(F)cc1F. The molecule has 31 heavy (non-hydrogen) atoms. The molecule has 5 nitrogen and oxygen atoms in total. The molecule has 0 atom stereocenters. The van der Waals surface area contributed by atoms with Gasteiger partial charge in [-0.25, -0.2) is 18.7 Å². The zero-order valence-electron chi connectivity index (χ0n) is 16.5. The molecule has 4 aromatic rings. The number of nitrogen functional groups attached to an aromatic ring is 1. The Morgan fingerprint density at radius 1 is 1.06 bits per heavy atom. The molecule has 0 aliphatic carbocycles. The van der Waals surface area contributed by atoms with Crippen molar-refractivity contribution in [2.24, 2.45) is 0 Å². The van der Waals surface area contributed by atoms with Gasteiger partial charge >= 0.3 is 0 Å². The van der Waals surface area contributed by atoms with Gasteiger partial charge in [-0.15, -0.1) is 0 Å². The fourth-order valence-electron chi connectivity index (χ4n) is 3.11. The molecule has 0 aliphatic heterocycles. The number of anilines is 2. The lowest BCUT2D eigenvalue weighted by atomic mass is 10.0. The van der Waals surface area contributed by atoms with Crippen LogP contribution in [0.25, 0.3) is 22.0 Å². The van der Waals surface area contributed by atoms with Crippen molar-refractivity contribution in [1.29, 1.82) is 0 Å². The summed E-state index contributed by atoms with van der Waals surface area (Å²) >= 11 is 4.42. The third kappa shape index (κ3) is 4.42. The first kappa shape index (κ1) is 21.3. The average Bonchev–Trinajstić information content (AvgIpc) is 2.74. The lowest BCUT2D eigenvalue weighted by Gasteiger charge is -2.14. The van der Waals surface area contributed by atoms with Gasteiger partial charge in [0, 0.05) is 22.7 Å². The molecule has 0 amide bonds. The monoisotopic (exact) mass is 502 g/mol. The highest BCUT2D eigenvalue weighted by atomic mass is 79.9. The Bertz CT molecular complexity index is 1300. The van der Waals surface area contributed by atoms with Gasteiger partial charge in [0.05, 0.1) is 22.0 Å². The molecular formula is C22H17BrF2N4OS. The first-order valence-electron chi connectivity index (χ1n) is 9.15. The van der Waals surface area contributed by atoms with Crippen LogP contribution in [-0.2, 0) is 0 Å². The molecule has 0 unspecified atom stereocenters. The van der Waals surface area contributed by atoms with Crippen LogP contribution >= 0.6 is 27.9 Å². The van der Waals surface area contributed by atoms with E-state index < -0.39 is 11.6 Å². The van der Waals surface area contributed by atoms with E-state index in [0.717, 1.165) is 50.2 Å². The topological polar surface area (TPSA) is 73.1 Å². The second kappa shape index (κ2) is 8.68. The number of nitrogens with one attached hydrogen (secondary N) is 1. The highest BCUT2D eigenvalue weighted by Gasteiger charge is 2.14. The first-order chi connectivity index (χ1) is 14.9. The van der Waals surface area contributed by atoms with Crippen LogP contribution in [0.5, 0.6) is 5.88 Å². The van der Waals surface area contributed by atoms with Crippen molar-refractivity contribution in [1.82, 2.24) is 9.97 Å². The number of fused-ring (bicyclic) bond motifs is 1. The Morgan fingerprint density at radius 2 is 1.87 bits per heavy atom. The molecule has 158 valence electrons. The van der Waals surface area contributed by atoms with Gasteiger partial charge in [-0.05, 0) is 76.8 Å². The maximum absolute atomic E-state index is 14.0. The van der Waals surface area contributed by atoms with E-state index in [1.165, 1.54) is 19.2 Å². The number of rotatable bonds is 5. The Kier molecular flexibility index (Phi) is 5.97. The number of hydrogen-bond acceptors (Lipinski definition) is 6. The molecule has 2 aromatic heterocycles. The van der Waals surface area contributed by atoms with Crippen LogP contribution in [0.1, 0.15) is 5.69 Å². The Balaban J connectivity index is 1.71. The fraction of sp³-hybridized carbons (Fsp3) is 0.0909. The number of aryl methyl sites for hydroxylation is 1. The number of hydrogen-bond donors (Lipinski definition) is 2.